The van der Waals surface area contributed by atoms with Gasteiger partial charge in [0, 0.05) is 35.2 Å². The van der Waals surface area contributed by atoms with Crippen molar-refractivity contribution in [1.29, 1.82) is 0 Å². The summed E-state index contributed by atoms with van der Waals surface area (Å²) in [6.45, 7) is 6.50. The molecule has 18 heavy (non-hydrogen) atoms. The van der Waals surface area contributed by atoms with Crippen molar-refractivity contribution >= 4 is 26.8 Å². The molecule has 0 aliphatic carbocycles. The summed E-state index contributed by atoms with van der Waals surface area (Å²) in [7, 11) is 0. The van der Waals surface area contributed by atoms with E-state index >= 15 is 0 Å². The van der Waals surface area contributed by atoms with Gasteiger partial charge in [-0.05, 0) is 36.1 Å². The summed E-state index contributed by atoms with van der Waals surface area (Å²) in [6, 6.07) is 5.07. The second-order valence-electron chi connectivity index (χ2n) is 5.45. The zero-order valence-electron chi connectivity index (χ0n) is 11.0. The maximum absolute atomic E-state index is 3.64. The molecule has 0 spiro atoms. The van der Waals surface area contributed by atoms with E-state index in [0.29, 0.717) is 6.04 Å². The molecule has 1 aliphatic heterocycles. The summed E-state index contributed by atoms with van der Waals surface area (Å²) in [5.74, 6) is 0. The number of nitrogens with one attached hydrogen (secondary N) is 1. The van der Waals surface area contributed by atoms with Crippen LogP contribution in [-0.4, -0.2) is 10.6 Å². The number of aromatic nitrogens is 1. The van der Waals surface area contributed by atoms with E-state index in [0.717, 1.165) is 13.1 Å². The fraction of sp³-hybridized carbons (Fsp3) is 0.467. The highest BCUT2D eigenvalue weighted by Crippen LogP contribution is 2.32. The fourth-order valence-corrected chi connectivity index (χ4v) is 3.33. The van der Waals surface area contributed by atoms with Crippen LogP contribution in [0.5, 0.6) is 0 Å². The molecule has 3 rings (SSSR count). The molecule has 1 N–H and O–H groups in total. The Morgan fingerprint density at radius 3 is 3.00 bits per heavy atom. The summed E-state index contributed by atoms with van der Waals surface area (Å²) in [5.41, 5.74) is 4.36. The summed E-state index contributed by atoms with van der Waals surface area (Å²) in [6.07, 6.45) is 4.79. The molecule has 0 unspecified atom stereocenters. The van der Waals surface area contributed by atoms with Crippen LogP contribution in [-0.2, 0) is 19.5 Å². The van der Waals surface area contributed by atoms with Crippen molar-refractivity contribution in [1.82, 2.24) is 9.88 Å². The molecular weight excluding hydrogens is 288 g/mol. The zero-order valence-corrected chi connectivity index (χ0v) is 12.5. The molecule has 0 radical (unpaired) electrons. The Bertz CT molecular complexity index is 584. The van der Waals surface area contributed by atoms with E-state index in [1.54, 1.807) is 0 Å². The second-order valence-corrected chi connectivity index (χ2v) is 6.36. The minimum Gasteiger partial charge on any atom is -0.347 e. The average molecular weight is 307 g/mol. The Balaban J connectivity index is 2.10. The summed E-state index contributed by atoms with van der Waals surface area (Å²) >= 11 is 3.64. The predicted octanol–water partition coefficient (Wildman–Crippen LogP) is 3.85. The summed E-state index contributed by atoms with van der Waals surface area (Å²) in [5, 5.41) is 4.93. The largest absolute Gasteiger partial charge is 0.347 e. The molecule has 1 aliphatic rings. The lowest BCUT2D eigenvalue weighted by Crippen LogP contribution is -2.21. The zero-order chi connectivity index (χ0) is 12.7. The van der Waals surface area contributed by atoms with E-state index in [4.69, 9.17) is 0 Å². The van der Waals surface area contributed by atoms with Crippen LogP contribution in [0.4, 0.5) is 0 Å². The number of rotatable bonds is 3. The first-order valence-electron chi connectivity index (χ1n) is 6.68. The van der Waals surface area contributed by atoms with Crippen molar-refractivity contribution in [3.8, 4) is 0 Å². The number of aryl methyl sites for hydroxylation is 2. The third kappa shape index (κ3) is 2.10. The van der Waals surface area contributed by atoms with Gasteiger partial charge in [-0.2, -0.15) is 0 Å². The van der Waals surface area contributed by atoms with Gasteiger partial charge in [0.25, 0.3) is 0 Å². The maximum Gasteiger partial charge on any atom is 0.0516 e. The Labute approximate surface area is 116 Å². The van der Waals surface area contributed by atoms with Crippen LogP contribution >= 0.6 is 15.9 Å². The molecular formula is C15H19BrN2. The molecule has 96 valence electrons. The lowest BCUT2D eigenvalue weighted by atomic mass is 10.0. The highest BCUT2D eigenvalue weighted by atomic mass is 79.9. The molecule has 3 heteroatoms. The Kier molecular flexibility index (Phi) is 3.20. The standard InChI is InChI=1S/C15H19BrN2/c1-10(2)17-8-12-9-18-5-3-4-11-6-13(16)7-14(12)15(11)18/h6-7,9-10,17H,3-5,8H2,1-2H3. The predicted molar refractivity (Wildman–Crippen MR) is 79.9 cm³/mol. The molecule has 0 atom stereocenters. The van der Waals surface area contributed by atoms with E-state index in [2.05, 4.69) is 58.0 Å². The van der Waals surface area contributed by atoms with Gasteiger partial charge < -0.3 is 9.88 Å². The number of halogens is 1. The fourth-order valence-electron chi connectivity index (χ4n) is 2.82. The minimum absolute atomic E-state index is 0.528. The molecule has 0 bridgehead atoms. The van der Waals surface area contributed by atoms with Gasteiger partial charge in [-0.3, -0.25) is 0 Å². The van der Waals surface area contributed by atoms with Gasteiger partial charge in [-0.15, -0.1) is 0 Å². The number of benzene rings is 1. The molecule has 0 fully saturated rings. The third-order valence-electron chi connectivity index (χ3n) is 3.64. The lowest BCUT2D eigenvalue weighted by Gasteiger charge is -2.15. The maximum atomic E-state index is 3.64. The van der Waals surface area contributed by atoms with Gasteiger partial charge in [-0.1, -0.05) is 29.8 Å². The van der Waals surface area contributed by atoms with Gasteiger partial charge in [0.15, 0.2) is 0 Å². The number of nitrogens with zero attached hydrogens (tertiary/aromatic N) is 1. The highest BCUT2D eigenvalue weighted by Gasteiger charge is 2.16. The van der Waals surface area contributed by atoms with Crippen LogP contribution in [0, 0.1) is 0 Å². The van der Waals surface area contributed by atoms with Crippen molar-refractivity contribution in [3.05, 3.63) is 33.9 Å². The average Bonchev–Trinajstić information content (AvgIpc) is 2.66. The van der Waals surface area contributed by atoms with Crippen LogP contribution in [0.3, 0.4) is 0 Å². The van der Waals surface area contributed by atoms with Crippen LogP contribution < -0.4 is 5.32 Å². The second kappa shape index (κ2) is 4.71. The molecule has 2 heterocycles. The molecule has 1 aromatic carbocycles. The van der Waals surface area contributed by atoms with E-state index in [1.165, 1.54) is 39.3 Å². The quantitative estimate of drug-likeness (QED) is 0.911. The van der Waals surface area contributed by atoms with E-state index in [9.17, 15) is 0 Å². The Hall–Kier alpha value is -0.800. The van der Waals surface area contributed by atoms with Crippen molar-refractivity contribution in [3.63, 3.8) is 0 Å². The van der Waals surface area contributed by atoms with Crippen LogP contribution in [0.1, 0.15) is 31.4 Å². The molecule has 1 aromatic heterocycles. The Morgan fingerprint density at radius 1 is 1.39 bits per heavy atom. The van der Waals surface area contributed by atoms with Crippen LogP contribution in [0.25, 0.3) is 10.9 Å². The van der Waals surface area contributed by atoms with Gasteiger partial charge in [0.1, 0.15) is 0 Å². The van der Waals surface area contributed by atoms with Crippen molar-refractivity contribution in [2.75, 3.05) is 0 Å². The minimum atomic E-state index is 0.528. The Morgan fingerprint density at radius 2 is 2.22 bits per heavy atom. The monoisotopic (exact) mass is 306 g/mol. The first kappa shape index (κ1) is 12.2. The lowest BCUT2D eigenvalue weighted by molar-refractivity contribution is 0.586. The molecule has 2 nitrogen and oxygen atoms in total. The highest BCUT2D eigenvalue weighted by molar-refractivity contribution is 9.10. The van der Waals surface area contributed by atoms with Crippen molar-refractivity contribution in [2.24, 2.45) is 0 Å². The van der Waals surface area contributed by atoms with Crippen molar-refractivity contribution < 1.29 is 0 Å². The molecule has 0 saturated carbocycles. The molecule has 0 saturated heterocycles. The van der Waals surface area contributed by atoms with E-state index in [1.807, 2.05) is 0 Å². The van der Waals surface area contributed by atoms with Crippen LogP contribution in [0.15, 0.2) is 22.8 Å². The summed E-state index contributed by atoms with van der Waals surface area (Å²) < 4.78 is 3.63. The van der Waals surface area contributed by atoms with Gasteiger partial charge in [0.05, 0.1) is 5.52 Å². The van der Waals surface area contributed by atoms with E-state index in [-0.39, 0.29) is 0 Å². The first-order valence-corrected chi connectivity index (χ1v) is 7.48. The number of hydrogen-bond donors (Lipinski definition) is 1. The smallest absolute Gasteiger partial charge is 0.0516 e. The van der Waals surface area contributed by atoms with Gasteiger partial charge >= 0.3 is 0 Å². The molecule has 2 aromatic rings. The van der Waals surface area contributed by atoms with Gasteiger partial charge in [-0.25, -0.2) is 0 Å². The molecule has 0 amide bonds. The van der Waals surface area contributed by atoms with E-state index < -0.39 is 0 Å². The normalized spacial score (nSPS) is 14.7. The summed E-state index contributed by atoms with van der Waals surface area (Å²) in [4.78, 5) is 0. The van der Waals surface area contributed by atoms with Gasteiger partial charge in [0.2, 0.25) is 0 Å². The van der Waals surface area contributed by atoms with Crippen molar-refractivity contribution in [2.45, 2.75) is 45.8 Å². The number of hydrogen-bond acceptors (Lipinski definition) is 1. The third-order valence-corrected chi connectivity index (χ3v) is 4.10. The topological polar surface area (TPSA) is 17.0 Å². The SMILES string of the molecule is CC(C)NCc1cn2c3c(cc(Br)cc13)CCC2. The first-order chi connectivity index (χ1) is 8.65. The van der Waals surface area contributed by atoms with Crippen LogP contribution in [0.2, 0.25) is 0 Å².